The molecule has 0 aliphatic carbocycles. The number of carboxylic acid groups (broad SMARTS) is 3. The molecule has 0 radical (unpaired) electrons. The number of likely N-dealkylation sites (N-methyl/N-ethyl adjacent to an activating group) is 1. The molecule has 0 saturated carbocycles. The van der Waals surface area contributed by atoms with Gasteiger partial charge in [0, 0.05) is 31.7 Å². The Morgan fingerprint density at radius 2 is 1.39 bits per heavy atom. The number of carboxylic acids is 3. The molecule has 0 aromatic heterocycles. The van der Waals surface area contributed by atoms with Crippen LogP contribution in [0.25, 0.3) is 0 Å². The number of hydrogen-bond donors (Lipinski definition) is 3. The summed E-state index contributed by atoms with van der Waals surface area (Å²) in [4.78, 5) is 38.3. The monoisotopic (exact) mass is 331 g/mol. The van der Waals surface area contributed by atoms with E-state index in [1.807, 2.05) is 6.92 Å². The standard InChI is InChI=1S/C14H25N3O6/c1-3-14(15(2)6-11(18)19)9-16(7-12(20)21)4-5-17(10-14)8-13(22)23/h3-10H2,1-2H3,(H,18,19)(H,20,21)(H,22,23). The van der Waals surface area contributed by atoms with Crippen LogP contribution in [0.3, 0.4) is 0 Å². The van der Waals surface area contributed by atoms with E-state index in [1.54, 1.807) is 21.7 Å². The third-order valence-electron chi connectivity index (χ3n) is 4.33. The van der Waals surface area contributed by atoms with Crippen LogP contribution in [0.5, 0.6) is 0 Å². The summed E-state index contributed by atoms with van der Waals surface area (Å²) in [6.45, 7) is 3.06. The van der Waals surface area contributed by atoms with Crippen LogP contribution < -0.4 is 0 Å². The molecule has 0 aromatic carbocycles. The third kappa shape index (κ3) is 5.77. The molecule has 0 atom stereocenters. The van der Waals surface area contributed by atoms with E-state index in [-0.39, 0.29) is 19.6 Å². The highest BCUT2D eigenvalue weighted by atomic mass is 16.4. The number of hydrogen-bond acceptors (Lipinski definition) is 6. The van der Waals surface area contributed by atoms with Crippen molar-refractivity contribution in [3.63, 3.8) is 0 Å². The molecule has 1 saturated heterocycles. The number of aliphatic carboxylic acids is 3. The first-order valence-electron chi connectivity index (χ1n) is 7.50. The number of carbonyl (C=O) groups is 3. The van der Waals surface area contributed by atoms with E-state index >= 15 is 0 Å². The van der Waals surface area contributed by atoms with Crippen molar-refractivity contribution in [3.8, 4) is 0 Å². The van der Waals surface area contributed by atoms with Crippen LogP contribution in [0.2, 0.25) is 0 Å². The number of nitrogens with zero attached hydrogens (tertiary/aromatic N) is 3. The molecule has 1 heterocycles. The largest absolute Gasteiger partial charge is 0.480 e. The van der Waals surface area contributed by atoms with Gasteiger partial charge >= 0.3 is 17.9 Å². The molecule has 1 rings (SSSR count). The minimum Gasteiger partial charge on any atom is -0.480 e. The van der Waals surface area contributed by atoms with E-state index < -0.39 is 23.4 Å². The highest BCUT2D eigenvalue weighted by Gasteiger charge is 2.40. The summed E-state index contributed by atoms with van der Waals surface area (Å²) in [5.41, 5.74) is -0.611. The Morgan fingerprint density at radius 3 is 1.70 bits per heavy atom. The SMILES string of the molecule is CCC1(N(C)CC(=O)O)CN(CC(=O)O)CCN(CC(=O)O)C1. The maximum Gasteiger partial charge on any atom is 0.317 e. The predicted molar refractivity (Wildman–Crippen MR) is 81.4 cm³/mol. The fraction of sp³-hybridized carbons (Fsp3) is 0.786. The lowest BCUT2D eigenvalue weighted by molar-refractivity contribution is -0.142. The summed E-state index contributed by atoms with van der Waals surface area (Å²) < 4.78 is 0. The van der Waals surface area contributed by atoms with Crippen molar-refractivity contribution in [2.24, 2.45) is 0 Å². The van der Waals surface area contributed by atoms with Gasteiger partial charge in [0.05, 0.1) is 19.6 Å². The fourth-order valence-corrected chi connectivity index (χ4v) is 3.08. The van der Waals surface area contributed by atoms with Crippen LogP contribution in [0, 0.1) is 0 Å². The van der Waals surface area contributed by atoms with E-state index in [1.165, 1.54) is 0 Å². The Morgan fingerprint density at radius 1 is 0.957 bits per heavy atom. The lowest BCUT2D eigenvalue weighted by Gasteiger charge is -2.43. The Labute approximate surface area is 135 Å². The molecule has 0 aromatic rings. The van der Waals surface area contributed by atoms with Crippen molar-refractivity contribution < 1.29 is 29.7 Å². The van der Waals surface area contributed by atoms with Gasteiger partial charge in [-0.1, -0.05) is 6.92 Å². The van der Waals surface area contributed by atoms with E-state index in [4.69, 9.17) is 15.3 Å². The Balaban J connectivity index is 3.04. The molecule has 0 bridgehead atoms. The van der Waals surface area contributed by atoms with Gasteiger partial charge in [-0.15, -0.1) is 0 Å². The van der Waals surface area contributed by atoms with Crippen LogP contribution in [-0.2, 0) is 14.4 Å². The average Bonchev–Trinajstić information content (AvgIpc) is 2.57. The summed E-state index contributed by atoms with van der Waals surface area (Å²) in [6, 6.07) is 0. The van der Waals surface area contributed by atoms with Crippen LogP contribution in [-0.4, -0.2) is 106 Å². The summed E-state index contributed by atoms with van der Waals surface area (Å²) >= 11 is 0. The smallest absolute Gasteiger partial charge is 0.317 e. The van der Waals surface area contributed by atoms with Gasteiger partial charge < -0.3 is 15.3 Å². The molecule has 9 nitrogen and oxygen atoms in total. The maximum atomic E-state index is 11.1. The fourth-order valence-electron chi connectivity index (χ4n) is 3.08. The summed E-state index contributed by atoms with van der Waals surface area (Å²) in [5.74, 6) is -2.88. The van der Waals surface area contributed by atoms with Crippen LogP contribution in [0.1, 0.15) is 13.3 Å². The van der Waals surface area contributed by atoms with Crippen molar-refractivity contribution >= 4 is 17.9 Å². The van der Waals surface area contributed by atoms with Crippen molar-refractivity contribution in [2.75, 3.05) is 52.9 Å². The van der Waals surface area contributed by atoms with Gasteiger partial charge in [-0.25, -0.2) is 0 Å². The molecule has 1 fully saturated rings. The second-order valence-electron chi connectivity index (χ2n) is 6.04. The van der Waals surface area contributed by atoms with Crippen LogP contribution >= 0.6 is 0 Å². The van der Waals surface area contributed by atoms with Crippen molar-refractivity contribution in [1.29, 1.82) is 0 Å². The molecule has 3 N–H and O–H groups in total. The predicted octanol–water partition coefficient (Wildman–Crippen LogP) is -1.06. The quantitative estimate of drug-likeness (QED) is 0.511. The second-order valence-corrected chi connectivity index (χ2v) is 6.04. The maximum absolute atomic E-state index is 11.1. The van der Waals surface area contributed by atoms with Crippen LogP contribution in [0.15, 0.2) is 0 Å². The highest BCUT2D eigenvalue weighted by molar-refractivity contribution is 5.70. The van der Waals surface area contributed by atoms with Gasteiger partial charge in [0.25, 0.3) is 0 Å². The average molecular weight is 331 g/mol. The minimum absolute atomic E-state index is 0.149. The molecular formula is C14H25N3O6. The zero-order chi connectivity index (χ0) is 17.6. The lowest BCUT2D eigenvalue weighted by Crippen LogP contribution is -2.59. The zero-order valence-electron chi connectivity index (χ0n) is 13.6. The molecule has 1 aliphatic heterocycles. The van der Waals surface area contributed by atoms with E-state index in [0.717, 1.165) is 0 Å². The van der Waals surface area contributed by atoms with Gasteiger partial charge in [-0.2, -0.15) is 0 Å². The summed E-state index contributed by atoms with van der Waals surface area (Å²) in [6.07, 6.45) is 0.586. The van der Waals surface area contributed by atoms with E-state index in [9.17, 15) is 14.4 Å². The van der Waals surface area contributed by atoms with E-state index in [0.29, 0.717) is 32.6 Å². The molecule has 1 aliphatic rings. The topological polar surface area (TPSA) is 122 Å². The van der Waals surface area contributed by atoms with Crippen molar-refractivity contribution in [1.82, 2.24) is 14.7 Å². The van der Waals surface area contributed by atoms with Crippen molar-refractivity contribution in [2.45, 2.75) is 18.9 Å². The third-order valence-corrected chi connectivity index (χ3v) is 4.33. The summed E-state index contributed by atoms with van der Waals surface area (Å²) in [5, 5.41) is 27.1. The van der Waals surface area contributed by atoms with Gasteiger partial charge in [-0.3, -0.25) is 29.1 Å². The van der Waals surface area contributed by atoms with Gasteiger partial charge in [-0.05, 0) is 13.5 Å². The molecule has 0 spiro atoms. The Bertz CT molecular complexity index is 430. The Kier molecular flexibility index (Phi) is 6.92. The second kappa shape index (κ2) is 8.23. The van der Waals surface area contributed by atoms with Gasteiger partial charge in [0.15, 0.2) is 0 Å². The van der Waals surface area contributed by atoms with Gasteiger partial charge in [0.2, 0.25) is 0 Å². The molecule has 9 heteroatoms. The highest BCUT2D eigenvalue weighted by Crippen LogP contribution is 2.24. The normalized spacial score (nSPS) is 19.4. The molecule has 132 valence electrons. The molecule has 23 heavy (non-hydrogen) atoms. The lowest BCUT2D eigenvalue weighted by atomic mass is 9.92. The molecule has 0 unspecified atom stereocenters. The first kappa shape index (κ1) is 19.3. The van der Waals surface area contributed by atoms with Gasteiger partial charge in [0.1, 0.15) is 0 Å². The van der Waals surface area contributed by atoms with E-state index in [2.05, 4.69) is 0 Å². The zero-order valence-corrected chi connectivity index (χ0v) is 13.6. The first-order valence-corrected chi connectivity index (χ1v) is 7.50. The minimum atomic E-state index is -0.973. The van der Waals surface area contributed by atoms with Crippen molar-refractivity contribution in [3.05, 3.63) is 0 Å². The van der Waals surface area contributed by atoms with Crippen LogP contribution in [0.4, 0.5) is 0 Å². The molecular weight excluding hydrogens is 306 g/mol. The first-order chi connectivity index (χ1) is 10.7. The molecule has 0 amide bonds. The summed E-state index contributed by atoms with van der Waals surface area (Å²) in [7, 11) is 1.68. The Hall–Kier alpha value is -1.71. The number of rotatable bonds is 8.